The number of aliphatic hydroxyl groups excluding tert-OH is 11. The van der Waals surface area contributed by atoms with Gasteiger partial charge in [0.1, 0.15) is 78.8 Å². The maximum Gasteiger partial charge on any atom is 0.187 e. The van der Waals surface area contributed by atoms with Crippen molar-refractivity contribution in [1.82, 2.24) is 0 Å². The molecule has 6 unspecified atom stereocenters. The van der Waals surface area contributed by atoms with Gasteiger partial charge in [0.25, 0.3) is 0 Å². The van der Waals surface area contributed by atoms with Crippen molar-refractivity contribution in [2.75, 3.05) is 33.0 Å². The van der Waals surface area contributed by atoms with Gasteiger partial charge in [-0.2, -0.15) is 0 Å². The molecule has 29 atom stereocenters. The van der Waals surface area contributed by atoms with E-state index in [-0.39, 0.29) is 41.3 Å². The second-order valence-electron chi connectivity index (χ2n) is 23.5. The van der Waals surface area contributed by atoms with Gasteiger partial charge in [-0.25, -0.2) is 0 Å². The van der Waals surface area contributed by atoms with Crippen LogP contribution >= 0.6 is 0 Å². The van der Waals surface area contributed by atoms with Gasteiger partial charge in [0.2, 0.25) is 0 Å². The molecule has 9 rings (SSSR count). The highest BCUT2D eigenvalue weighted by molar-refractivity contribution is 5.26. The van der Waals surface area contributed by atoms with E-state index >= 15 is 0 Å². The van der Waals surface area contributed by atoms with Crippen LogP contribution in [0.15, 0.2) is 11.6 Å². The maximum absolute atomic E-state index is 12.1. The summed E-state index contributed by atoms with van der Waals surface area (Å²) in [5.41, 5.74) is -0.973. The Hall–Kier alpha value is -1.14. The quantitative estimate of drug-likeness (QED) is 0.0763. The lowest BCUT2D eigenvalue weighted by Crippen LogP contribution is -2.65. The summed E-state index contributed by atoms with van der Waals surface area (Å²) in [4.78, 5) is 0. The van der Waals surface area contributed by atoms with Gasteiger partial charge in [0, 0.05) is 12.3 Å². The van der Waals surface area contributed by atoms with Crippen molar-refractivity contribution in [3.63, 3.8) is 0 Å². The van der Waals surface area contributed by atoms with Crippen LogP contribution in [0, 0.1) is 46.3 Å². The minimum atomic E-state index is -2.04. The minimum Gasteiger partial charge on any atom is -0.394 e. The van der Waals surface area contributed by atoms with E-state index in [1.807, 2.05) is 6.92 Å². The van der Waals surface area contributed by atoms with Crippen LogP contribution in [0.3, 0.4) is 0 Å². The Bertz CT molecular complexity index is 1880. The largest absolute Gasteiger partial charge is 0.394 e. The van der Waals surface area contributed by atoms with Crippen LogP contribution in [0.25, 0.3) is 0 Å². The third-order valence-corrected chi connectivity index (χ3v) is 19.2. The predicted octanol–water partition coefficient (Wildman–Crippen LogP) is -2.37. The fraction of sp³-hybridized carbons (Fsp3) is 0.960. The van der Waals surface area contributed by atoms with Crippen LogP contribution < -0.4 is 0 Å². The molecule has 5 saturated heterocycles. The summed E-state index contributed by atoms with van der Waals surface area (Å²) in [6, 6.07) is 0. The summed E-state index contributed by atoms with van der Waals surface area (Å²) in [7, 11) is 0. The molecular formula is C50H82O22. The summed E-state index contributed by atoms with van der Waals surface area (Å²) in [5.74, 6) is -0.224. The predicted molar refractivity (Wildman–Crippen MR) is 244 cm³/mol. The van der Waals surface area contributed by atoms with Crippen molar-refractivity contribution < 1.29 is 109 Å². The lowest BCUT2D eigenvalue weighted by atomic mass is 9.47. The molecular weight excluding hydrogens is 953 g/mol. The lowest BCUT2D eigenvalue weighted by molar-refractivity contribution is -0.379. The average molecular weight is 1040 g/mol. The molecule has 0 amide bonds. The zero-order valence-electron chi connectivity index (χ0n) is 41.9. The van der Waals surface area contributed by atoms with E-state index in [1.165, 1.54) is 12.5 Å². The highest BCUT2D eigenvalue weighted by Crippen LogP contribution is 2.70. The number of ether oxygens (including phenoxy) is 9. The summed E-state index contributed by atoms with van der Waals surface area (Å²) in [6.07, 6.45) is -16.3. The number of hydrogen-bond donors (Lipinski definition) is 13. The van der Waals surface area contributed by atoms with Crippen molar-refractivity contribution in [3.8, 4) is 0 Å². The molecule has 0 radical (unpaired) electrons. The second-order valence-corrected chi connectivity index (χ2v) is 23.5. The number of allylic oxidation sites excluding steroid dienone is 1. The first-order chi connectivity index (χ1) is 34.0. The molecule has 8 fully saturated rings. The lowest BCUT2D eigenvalue weighted by Gasteiger charge is -2.58. The molecule has 0 aromatic rings. The molecule has 414 valence electrons. The van der Waals surface area contributed by atoms with Gasteiger partial charge in [-0.3, -0.25) is 0 Å². The Morgan fingerprint density at radius 2 is 1.40 bits per heavy atom. The van der Waals surface area contributed by atoms with Gasteiger partial charge >= 0.3 is 0 Å². The van der Waals surface area contributed by atoms with Gasteiger partial charge in [-0.15, -0.1) is 0 Å². The van der Waals surface area contributed by atoms with Crippen LogP contribution in [0.4, 0.5) is 0 Å². The van der Waals surface area contributed by atoms with Crippen molar-refractivity contribution >= 4 is 0 Å². The van der Waals surface area contributed by atoms with Gasteiger partial charge in [-0.1, -0.05) is 39.3 Å². The van der Waals surface area contributed by atoms with E-state index < -0.39 is 148 Å². The maximum atomic E-state index is 12.1. The highest BCUT2D eigenvalue weighted by Gasteiger charge is 2.68. The molecule has 4 aliphatic carbocycles. The molecule has 5 heterocycles. The number of fused-ring (bicyclic) bond motifs is 7. The van der Waals surface area contributed by atoms with Crippen LogP contribution in [0.2, 0.25) is 0 Å². The molecule has 13 N–H and O–H groups in total. The first-order valence-corrected chi connectivity index (χ1v) is 26.3. The average Bonchev–Trinajstić information content (AvgIpc) is 3.92. The molecule has 0 bridgehead atoms. The van der Waals surface area contributed by atoms with Crippen LogP contribution in [-0.2, 0) is 42.6 Å². The van der Waals surface area contributed by atoms with Crippen LogP contribution in [0.5, 0.6) is 0 Å². The normalized spacial score (nSPS) is 54.9. The van der Waals surface area contributed by atoms with E-state index in [0.29, 0.717) is 43.4 Å². The summed E-state index contributed by atoms with van der Waals surface area (Å²) < 4.78 is 54.2. The molecule has 22 nitrogen and oxygen atoms in total. The Labute approximate surface area is 419 Å². The standard InChI is InChI=1S/C50H82O22/c1-21(18-64-43-37(58)36(57)34(55)30(16-51)68-43)8-13-50(63)22(2)32-29(72-50)15-28-26-7-6-24-14-25(9-11-47(24,4)27(26)10-12-48(28,32)5)67-45-41(71-44-38(59)35(56)33(54)23(3)66-44)39(60)40(31(17-52)69-45)70-46-42(61)49(62,19-53)20-65-46/h6,21-23,25-46,51-63H,7-20H2,1-5H3/t21-,22+,23+,25+,26?,27?,28?,29?,30-,31-,32?,33+,34-,35-,36+,37-,38-,39+,40-,41-,42+,43-,44+,45-,46+,47+,48+,49-,50?/m1/s1. The number of aliphatic hydroxyl groups is 13. The van der Waals surface area contributed by atoms with Gasteiger partial charge in [0.05, 0.1) is 51.3 Å². The highest BCUT2D eigenvalue weighted by atomic mass is 16.8. The van der Waals surface area contributed by atoms with E-state index in [9.17, 15) is 66.4 Å². The fourth-order valence-electron chi connectivity index (χ4n) is 14.7. The van der Waals surface area contributed by atoms with Crippen molar-refractivity contribution in [1.29, 1.82) is 0 Å². The van der Waals surface area contributed by atoms with Crippen LogP contribution in [0.1, 0.15) is 92.4 Å². The Kier molecular flexibility index (Phi) is 16.4. The van der Waals surface area contributed by atoms with E-state index in [0.717, 1.165) is 32.1 Å². The smallest absolute Gasteiger partial charge is 0.187 e. The summed E-state index contributed by atoms with van der Waals surface area (Å²) in [6.45, 7) is 7.88. The van der Waals surface area contributed by atoms with Gasteiger partial charge < -0.3 is 109 Å². The van der Waals surface area contributed by atoms with Gasteiger partial charge in [-0.05, 0) is 98.7 Å². The number of rotatable bonds is 15. The van der Waals surface area contributed by atoms with Gasteiger partial charge in [0.15, 0.2) is 30.9 Å². The first kappa shape index (κ1) is 55.6. The number of hydrogen-bond acceptors (Lipinski definition) is 22. The molecule has 0 aromatic carbocycles. The third-order valence-electron chi connectivity index (χ3n) is 19.2. The SMILES string of the molecule is C[C@H](CCC1(O)OC2CC3C4CC=C5C[C@@H](O[C@@H]6O[C@H](CO)[C@@H](O[C@@H]7OC[C@](O)(CO)[C@H]7O)[C@H](O)[C@H]6O[C@@H]6O[C@@H](C)[C@H](O)[C@@H](O)[C@H]6O)CC[C@]5(C)C4CC[C@]3(C)C2[C@@H]1C)CO[C@@H]1O[C@H](CO)[C@@H](O)[C@H](O)[C@H]1O. The zero-order chi connectivity index (χ0) is 52.0. The van der Waals surface area contributed by atoms with E-state index in [2.05, 4.69) is 26.8 Å². The van der Waals surface area contributed by atoms with E-state index in [1.54, 1.807) is 0 Å². The molecule has 5 aliphatic heterocycles. The van der Waals surface area contributed by atoms with Crippen LogP contribution in [-0.4, -0.2) is 228 Å². The van der Waals surface area contributed by atoms with Crippen molar-refractivity contribution in [2.24, 2.45) is 46.3 Å². The van der Waals surface area contributed by atoms with Crippen molar-refractivity contribution in [3.05, 3.63) is 11.6 Å². The fourth-order valence-corrected chi connectivity index (χ4v) is 14.7. The summed E-state index contributed by atoms with van der Waals surface area (Å²) in [5, 5.41) is 138. The molecule has 9 aliphatic rings. The van der Waals surface area contributed by atoms with Crippen molar-refractivity contribution in [2.45, 2.75) is 221 Å². The first-order valence-electron chi connectivity index (χ1n) is 26.3. The molecule has 22 heteroatoms. The zero-order valence-corrected chi connectivity index (χ0v) is 41.9. The molecule has 3 saturated carbocycles. The monoisotopic (exact) mass is 1030 g/mol. The topological polar surface area (TPSA) is 346 Å². The second kappa shape index (κ2) is 21.2. The minimum absolute atomic E-state index is 0.0574. The Morgan fingerprint density at radius 1 is 0.722 bits per heavy atom. The Morgan fingerprint density at radius 3 is 2.10 bits per heavy atom. The molecule has 72 heavy (non-hydrogen) atoms. The molecule has 0 spiro atoms. The Balaban J connectivity index is 0.843. The van der Waals surface area contributed by atoms with E-state index in [4.69, 9.17) is 42.6 Å². The summed E-state index contributed by atoms with van der Waals surface area (Å²) >= 11 is 0. The third kappa shape index (κ3) is 9.69. The molecule has 0 aromatic heterocycles.